The molecule has 2 heteroatoms. The highest BCUT2D eigenvalue weighted by Gasteiger charge is 2.34. The largest absolute Gasteiger partial charge is 0.371 e. The SMILES string of the molecule is CC(C)(C#CC[C@@H]1C[C@H]2C=C[C@H]1C2)OC[C@H]1CO1. The van der Waals surface area contributed by atoms with Crippen molar-refractivity contribution in [1.29, 1.82) is 0 Å². The number of epoxide rings is 1. The molecular weight excluding hydrogens is 224 g/mol. The number of fused-ring (bicyclic) bond motifs is 2. The Kier molecular flexibility index (Phi) is 3.21. The molecule has 0 unspecified atom stereocenters. The minimum atomic E-state index is -0.334. The molecule has 0 N–H and O–H groups in total. The third-order valence-corrected chi connectivity index (χ3v) is 4.20. The lowest BCUT2D eigenvalue weighted by Gasteiger charge is -2.19. The van der Waals surface area contributed by atoms with Gasteiger partial charge in [0.2, 0.25) is 0 Å². The third kappa shape index (κ3) is 2.96. The summed E-state index contributed by atoms with van der Waals surface area (Å²) in [5.74, 6) is 9.06. The van der Waals surface area contributed by atoms with Crippen LogP contribution in [0.25, 0.3) is 0 Å². The fraction of sp³-hybridized carbons (Fsp3) is 0.750. The molecule has 0 aromatic heterocycles. The van der Waals surface area contributed by atoms with Gasteiger partial charge in [0.05, 0.1) is 13.2 Å². The van der Waals surface area contributed by atoms with Crippen LogP contribution in [0.4, 0.5) is 0 Å². The van der Waals surface area contributed by atoms with E-state index in [2.05, 4.69) is 24.0 Å². The van der Waals surface area contributed by atoms with Crippen LogP contribution >= 0.6 is 0 Å². The van der Waals surface area contributed by atoms with Crippen LogP contribution in [0.5, 0.6) is 0 Å². The van der Waals surface area contributed by atoms with Gasteiger partial charge in [0.15, 0.2) is 0 Å². The smallest absolute Gasteiger partial charge is 0.123 e. The summed E-state index contributed by atoms with van der Waals surface area (Å²) in [6.07, 6.45) is 8.84. The maximum Gasteiger partial charge on any atom is 0.123 e. The molecule has 0 aromatic rings. The van der Waals surface area contributed by atoms with Crippen LogP contribution in [0.3, 0.4) is 0 Å². The molecule has 2 nitrogen and oxygen atoms in total. The van der Waals surface area contributed by atoms with Crippen molar-refractivity contribution in [3.8, 4) is 11.8 Å². The van der Waals surface area contributed by atoms with Crippen molar-refractivity contribution >= 4 is 0 Å². The summed E-state index contributed by atoms with van der Waals surface area (Å²) in [7, 11) is 0. The first kappa shape index (κ1) is 12.3. The van der Waals surface area contributed by atoms with Gasteiger partial charge >= 0.3 is 0 Å². The van der Waals surface area contributed by atoms with Crippen molar-refractivity contribution in [3.63, 3.8) is 0 Å². The predicted molar refractivity (Wildman–Crippen MR) is 71.0 cm³/mol. The van der Waals surface area contributed by atoms with Crippen molar-refractivity contribution in [2.24, 2.45) is 17.8 Å². The van der Waals surface area contributed by atoms with Gasteiger partial charge in [-0.3, -0.25) is 0 Å². The average Bonchev–Trinajstić information content (AvgIpc) is 2.94. The second-order valence-corrected chi connectivity index (χ2v) is 6.32. The summed E-state index contributed by atoms with van der Waals surface area (Å²) in [6, 6.07) is 0. The summed E-state index contributed by atoms with van der Waals surface area (Å²) in [5.41, 5.74) is -0.334. The van der Waals surface area contributed by atoms with Gasteiger partial charge in [0.25, 0.3) is 0 Å². The van der Waals surface area contributed by atoms with E-state index in [0.717, 1.165) is 30.8 Å². The zero-order valence-corrected chi connectivity index (χ0v) is 11.3. The molecule has 3 rings (SSSR count). The van der Waals surface area contributed by atoms with Gasteiger partial charge in [-0.15, -0.1) is 0 Å². The number of hydrogen-bond donors (Lipinski definition) is 0. The van der Waals surface area contributed by atoms with E-state index in [-0.39, 0.29) is 5.60 Å². The number of allylic oxidation sites excluding steroid dienone is 2. The van der Waals surface area contributed by atoms with Crippen LogP contribution in [0.2, 0.25) is 0 Å². The Hall–Kier alpha value is -0.780. The van der Waals surface area contributed by atoms with Crippen LogP contribution in [-0.2, 0) is 9.47 Å². The van der Waals surface area contributed by atoms with Gasteiger partial charge in [-0.05, 0) is 44.4 Å². The van der Waals surface area contributed by atoms with Gasteiger partial charge in [0.1, 0.15) is 11.7 Å². The quantitative estimate of drug-likeness (QED) is 0.432. The lowest BCUT2D eigenvalue weighted by atomic mass is 9.90. The molecule has 0 aromatic carbocycles. The van der Waals surface area contributed by atoms with E-state index in [1.807, 2.05) is 13.8 Å². The fourth-order valence-electron chi connectivity index (χ4n) is 3.03. The van der Waals surface area contributed by atoms with Gasteiger partial charge in [0, 0.05) is 6.42 Å². The second kappa shape index (κ2) is 4.72. The topological polar surface area (TPSA) is 21.8 Å². The van der Waals surface area contributed by atoms with Crippen LogP contribution in [0.1, 0.15) is 33.1 Å². The Labute approximate surface area is 110 Å². The Balaban J connectivity index is 1.46. The molecular formula is C16H22O2. The van der Waals surface area contributed by atoms with Crippen molar-refractivity contribution in [2.45, 2.75) is 44.8 Å². The summed E-state index contributed by atoms with van der Waals surface area (Å²) < 4.78 is 10.9. The minimum absolute atomic E-state index is 0.321. The fourth-order valence-corrected chi connectivity index (χ4v) is 3.03. The highest BCUT2D eigenvalue weighted by atomic mass is 16.6. The Morgan fingerprint density at radius 3 is 2.78 bits per heavy atom. The first-order valence-electron chi connectivity index (χ1n) is 7.06. The molecule has 1 aliphatic heterocycles. The summed E-state index contributed by atoms with van der Waals surface area (Å²) in [6.45, 7) is 5.62. The zero-order valence-electron chi connectivity index (χ0n) is 11.3. The van der Waals surface area contributed by atoms with E-state index in [9.17, 15) is 0 Å². The number of hydrogen-bond acceptors (Lipinski definition) is 2. The first-order chi connectivity index (χ1) is 8.62. The standard InChI is InChI=1S/C16H22O2/c1-16(2,18-11-15-10-17-15)7-3-4-13-8-12-5-6-14(13)9-12/h5-6,12-15H,4,8-11H2,1-2H3/t12-,13-,14+,15-/m1/s1. The molecule has 1 heterocycles. The molecule has 98 valence electrons. The Morgan fingerprint density at radius 2 is 2.17 bits per heavy atom. The molecule has 0 radical (unpaired) electrons. The van der Waals surface area contributed by atoms with Gasteiger partial charge < -0.3 is 9.47 Å². The van der Waals surface area contributed by atoms with E-state index in [1.54, 1.807) is 0 Å². The molecule has 18 heavy (non-hydrogen) atoms. The van der Waals surface area contributed by atoms with Crippen LogP contribution in [0, 0.1) is 29.6 Å². The lowest BCUT2D eigenvalue weighted by molar-refractivity contribution is 0.0177. The first-order valence-corrected chi connectivity index (χ1v) is 7.06. The van der Waals surface area contributed by atoms with E-state index in [1.165, 1.54) is 12.8 Å². The minimum Gasteiger partial charge on any atom is -0.371 e. The van der Waals surface area contributed by atoms with Gasteiger partial charge in [-0.1, -0.05) is 24.0 Å². The van der Waals surface area contributed by atoms with Gasteiger partial charge in [-0.25, -0.2) is 0 Å². The van der Waals surface area contributed by atoms with Crippen LogP contribution in [0.15, 0.2) is 12.2 Å². The lowest BCUT2D eigenvalue weighted by Crippen LogP contribution is -2.24. The predicted octanol–water partition coefficient (Wildman–Crippen LogP) is 2.79. The summed E-state index contributed by atoms with van der Waals surface area (Å²) >= 11 is 0. The van der Waals surface area contributed by atoms with E-state index in [4.69, 9.17) is 9.47 Å². The maximum absolute atomic E-state index is 5.77. The number of rotatable bonds is 4. The third-order valence-electron chi connectivity index (χ3n) is 4.20. The number of ether oxygens (including phenoxy) is 2. The van der Waals surface area contributed by atoms with E-state index in [0.29, 0.717) is 12.7 Å². The van der Waals surface area contributed by atoms with E-state index >= 15 is 0 Å². The van der Waals surface area contributed by atoms with Crippen LogP contribution < -0.4 is 0 Å². The molecule has 3 aliphatic rings. The van der Waals surface area contributed by atoms with Crippen LogP contribution in [-0.4, -0.2) is 24.9 Å². The van der Waals surface area contributed by atoms with Crippen molar-refractivity contribution in [1.82, 2.24) is 0 Å². The maximum atomic E-state index is 5.77. The molecule has 2 aliphatic carbocycles. The zero-order chi connectivity index (χ0) is 12.6. The molecule has 4 atom stereocenters. The Morgan fingerprint density at radius 1 is 1.33 bits per heavy atom. The normalized spacial score (nSPS) is 36.6. The second-order valence-electron chi connectivity index (χ2n) is 6.32. The molecule has 0 amide bonds. The highest BCUT2D eigenvalue weighted by molar-refractivity contribution is 5.16. The summed E-state index contributed by atoms with van der Waals surface area (Å²) in [4.78, 5) is 0. The molecule has 2 bridgehead atoms. The van der Waals surface area contributed by atoms with Gasteiger partial charge in [-0.2, -0.15) is 0 Å². The van der Waals surface area contributed by atoms with Crippen molar-refractivity contribution in [2.75, 3.05) is 13.2 Å². The molecule has 1 saturated heterocycles. The molecule has 0 spiro atoms. The Bertz CT molecular complexity index is 395. The highest BCUT2D eigenvalue weighted by Crippen LogP contribution is 2.44. The van der Waals surface area contributed by atoms with Crippen molar-refractivity contribution in [3.05, 3.63) is 12.2 Å². The van der Waals surface area contributed by atoms with Crippen molar-refractivity contribution < 1.29 is 9.47 Å². The average molecular weight is 246 g/mol. The molecule has 2 fully saturated rings. The molecule has 1 saturated carbocycles. The monoisotopic (exact) mass is 246 g/mol. The summed E-state index contributed by atoms with van der Waals surface area (Å²) in [5, 5.41) is 0. The van der Waals surface area contributed by atoms with E-state index < -0.39 is 0 Å².